The number of benzene rings is 1. The van der Waals surface area contributed by atoms with Crippen molar-refractivity contribution in [2.75, 3.05) is 19.6 Å². The smallest absolute Gasteiger partial charge is 0.242 e. The van der Waals surface area contributed by atoms with Crippen molar-refractivity contribution in [1.29, 1.82) is 0 Å². The first-order valence-corrected chi connectivity index (χ1v) is 13.5. The minimum atomic E-state index is -0.0644. The predicted octanol–water partition coefficient (Wildman–Crippen LogP) is 5.99. The van der Waals surface area contributed by atoms with E-state index in [2.05, 4.69) is 56.5 Å². The topological polar surface area (TPSA) is 40.6 Å². The Hall–Kier alpha value is -2.14. The summed E-state index contributed by atoms with van der Waals surface area (Å²) in [5.74, 6) is 0.873. The lowest BCUT2D eigenvalue weighted by atomic mass is 9.88. The molecule has 2 heterocycles. The molecule has 0 bridgehead atoms. The minimum Gasteiger partial charge on any atom is -0.333 e. The highest BCUT2D eigenvalue weighted by Crippen LogP contribution is 2.39. The summed E-state index contributed by atoms with van der Waals surface area (Å²) < 4.78 is 0. The van der Waals surface area contributed by atoms with Crippen LogP contribution in [0.25, 0.3) is 0 Å². The zero-order valence-electron chi connectivity index (χ0n) is 20.4. The van der Waals surface area contributed by atoms with E-state index in [0.29, 0.717) is 19.0 Å². The van der Waals surface area contributed by atoms with Crippen LogP contribution in [0.4, 0.5) is 0 Å². The molecule has 2 amide bonds. The molecule has 2 aromatic rings. The fourth-order valence-corrected chi connectivity index (χ4v) is 6.26. The number of hydrogen-bond donors (Lipinski definition) is 0. The van der Waals surface area contributed by atoms with Crippen molar-refractivity contribution in [3.05, 3.63) is 57.3 Å². The second-order valence-corrected chi connectivity index (χ2v) is 11.2. The maximum Gasteiger partial charge on any atom is 0.242 e. The highest BCUT2D eigenvalue weighted by molar-refractivity contribution is 7.10. The summed E-state index contributed by atoms with van der Waals surface area (Å²) in [6.07, 6.45) is 7.25. The van der Waals surface area contributed by atoms with Crippen molar-refractivity contribution in [3.63, 3.8) is 0 Å². The quantitative estimate of drug-likeness (QED) is 0.503. The third-order valence-electron chi connectivity index (χ3n) is 7.34. The van der Waals surface area contributed by atoms with E-state index in [1.165, 1.54) is 28.0 Å². The first kappa shape index (κ1) is 24.0. The zero-order valence-corrected chi connectivity index (χ0v) is 21.2. The van der Waals surface area contributed by atoms with Gasteiger partial charge in [-0.1, -0.05) is 57.4 Å². The number of hydrogen-bond acceptors (Lipinski definition) is 3. The lowest BCUT2D eigenvalue weighted by molar-refractivity contribution is -0.144. The number of carbonyl (C=O) groups excluding carboxylic acids is 2. The number of nitrogens with zero attached hydrogens (tertiary/aromatic N) is 2. The molecule has 1 aromatic carbocycles. The molecule has 1 fully saturated rings. The number of aryl methyl sites for hydroxylation is 1. The maximum atomic E-state index is 13.8. The number of thiophene rings is 1. The van der Waals surface area contributed by atoms with Crippen LogP contribution in [0.3, 0.4) is 0 Å². The average molecular weight is 467 g/mol. The van der Waals surface area contributed by atoms with E-state index >= 15 is 0 Å². The third kappa shape index (κ3) is 5.51. The fourth-order valence-electron chi connectivity index (χ4n) is 5.36. The van der Waals surface area contributed by atoms with Crippen molar-refractivity contribution in [2.45, 2.75) is 71.8 Å². The molecule has 1 aliphatic carbocycles. The van der Waals surface area contributed by atoms with Crippen molar-refractivity contribution in [1.82, 2.24) is 9.80 Å². The second kappa shape index (κ2) is 10.9. The molecule has 0 saturated heterocycles. The standard InChI is InChI=1S/C28H38N2O2S/c1-20(2)13-16-29(28(32)22-10-5-4-6-11-22)19-26(31)30-17-14-25-24(15-18-33-25)27(30)23-12-8-7-9-21(23)3/h7-9,12,15,18,20,22,27H,4-6,10-11,13-14,16-17,19H2,1-3H3. The molecule has 4 nitrogen and oxygen atoms in total. The van der Waals surface area contributed by atoms with Gasteiger partial charge in [0, 0.05) is 23.9 Å². The SMILES string of the molecule is Cc1ccccc1C1c2ccsc2CCN1C(=O)CN(CCC(C)C)C(=O)C1CCCCC1. The van der Waals surface area contributed by atoms with Gasteiger partial charge in [0.1, 0.15) is 0 Å². The highest BCUT2D eigenvalue weighted by Gasteiger charge is 2.35. The normalized spacial score (nSPS) is 18.9. The zero-order chi connectivity index (χ0) is 23.4. The third-order valence-corrected chi connectivity index (χ3v) is 8.33. The Bertz CT molecular complexity index is 960. The van der Waals surface area contributed by atoms with Gasteiger partial charge in [-0.2, -0.15) is 0 Å². The van der Waals surface area contributed by atoms with Gasteiger partial charge >= 0.3 is 0 Å². The monoisotopic (exact) mass is 466 g/mol. The Balaban J connectivity index is 1.58. The molecule has 2 aliphatic rings. The van der Waals surface area contributed by atoms with E-state index < -0.39 is 0 Å². The number of carbonyl (C=O) groups is 2. The average Bonchev–Trinajstić information content (AvgIpc) is 3.30. The van der Waals surface area contributed by atoms with Crippen LogP contribution >= 0.6 is 11.3 Å². The van der Waals surface area contributed by atoms with Gasteiger partial charge < -0.3 is 9.80 Å². The Morgan fingerprint density at radius 3 is 2.58 bits per heavy atom. The Morgan fingerprint density at radius 1 is 1.09 bits per heavy atom. The molecule has 1 atom stereocenters. The van der Waals surface area contributed by atoms with Gasteiger partial charge in [0.25, 0.3) is 0 Å². The van der Waals surface area contributed by atoms with E-state index in [0.717, 1.165) is 38.5 Å². The van der Waals surface area contributed by atoms with Gasteiger partial charge in [-0.05, 0) is 66.7 Å². The summed E-state index contributed by atoms with van der Waals surface area (Å²) in [6, 6.07) is 10.5. The summed E-state index contributed by atoms with van der Waals surface area (Å²) in [5, 5.41) is 2.14. The first-order valence-electron chi connectivity index (χ1n) is 12.7. The summed E-state index contributed by atoms with van der Waals surface area (Å²) in [4.78, 5) is 32.5. The van der Waals surface area contributed by atoms with Crippen LogP contribution in [0.2, 0.25) is 0 Å². The van der Waals surface area contributed by atoms with Crippen LogP contribution in [0.5, 0.6) is 0 Å². The van der Waals surface area contributed by atoms with Crippen LogP contribution in [0, 0.1) is 18.8 Å². The van der Waals surface area contributed by atoms with Crippen LogP contribution in [-0.4, -0.2) is 41.2 Å². The van der Waals surface area contributed by atoms with E-state index in [-0.39, 0.29) is 30.3 Å². The largest absolute Gasteiger partial charge is 0.333 e. The molecule has 33 heavy (non-hydrogen) atoms. The van der Waals surface area contributed by atoms with Gasteiger partial charge in [-0.3, -0.25) is 9.59 Å². The molecule has 0 radical (unpaired) electrons. The molecule has 1 aromatic heterocycles. The Labute approximate surface area is 203 Å². The molecule has 178 valence electrons. The maximum absolute atomic E-state index is 13.8. The molecular formula is C28H38N2O2S. The van der Waals surface area contributed by atoms with E-state index in [1.807, 2.05) is 9.80 Å². The number of rotatable bonds is 7. The van der Waals surface area contributed by atoms with Gasteiger partial charge in [0.15, 0.2) is 0 Å². The molecular weight excluding hydrogens is 428 g/mol. The molecule has 1 unspecified atom stereocenters. The molecule has 1 saturated carbocycles. The summed E-state index contributed by atoms with van der Waals surface area (Å²) >= 11 is 1.79. The van der Waals surface area contributed by atoms with E-state index in [9.17, 15) is 9.59 Å². The second-order valence-electron chi connectivity index (χ2n) is 10.2. The number of amides is 2. The van der Waals surface area contributed by atoms with Gasteiger partial charge in [-0.15, -0.1) is 11.3 Å². The first-order chi connectivity index (χ1) is 16.0. The van der Waals surface area contributed by atoms with Crippen molar-refractivity contribution < 1.29 is 9.59 Å². The van der Waals surface area contributed by atoms with Crippen LogP contribution in [-0.2, 0) is 16.0 Å². The van der Waals surface area contributed by atoms with E-state index in [4.69, 9.17) is 0 Å². The summed E-state index contributed by atoms with van der Waals surface area (Å²) in [6.45, 7) is 8.07. The van der Waals surface area contributed by atoms with Crippen molar-refractivity contribution >= 4 is 23.2 Å². The van der Waals surface area contributed by atoms with Crippen LogP contribution in [0.15, 0.2) is 35.7 Å². The van der Waals surface area contributed by atoms with Crippen LogP contribution < -0.4 is 0 Å². The Kier molecular flexibility index (Phi) is 7.90. The lowest BCUT2D eigenvalue weighted by Gasteiger charge is -2.39. The molecule has 1 aliphatic heterocycles. The molecule has 4 rings (SSSR count). The Morgan fingerprint density at radius 2 is 1.85 bits per heavy atom. The highest BCUT2D eigenvalue weighted by atomic mass is 32.1. The van der Waals surface area contributed by atoms with Crippen molar-refractivity contribution in [2.24, 2.45) is 11.8 Å². The molecule has 0 N–H and O–H groups in total. The van der Waals surface area contributed by atoms with Gasteiger partial charge in [0.2, 0.25) is 11.8 Å². The molecule has 5 heteroatoms. The van der Waals surface area contributed by atoms with Crippen molar-refractivity contribution in [3.8, 4) is 0 Å². The minimum absolute atomic E-state index is 0.0644. The summed E-state index contributed by atoms with van der Waals surface area (Å²) in [5.41, 5.74) is 3.65. The van der Waals surface area contributed by atoms with Gasteiger partial charge in [-0.25, -0.2) is 0 Å². The predicted molar refractivity (Wildman–Crippen MR) is 135 cm³/mol. The molecule has 0 spiro atoms. The lowest BCUT2D eigenvalue weighted by Crippen LogP contribution is -2.48. The van der Waals surface area contributed by atoms with Crippen LogP contribution in [0.1, 0.15) is 80.0 Å². The van der Waals surface area contributed by atoms with Gasteiger partial charge in [0.05, 0.1) is 12.6 Å². The number of fused-ring (bicyclic) bond motifs is 1. The van der Waals surface area contributed by atoms with E-state index in [1.54, 1.807) is 11.3 Å². The summed E-state index contributed by atoms with van der Waals surface area (Å²) in [7, 11) is 0. The fraction of sp³-hybridized carbons (Fsp3) is 0.571.